The second kappa shape index (κ2) is 3.75. The van der Waals surface area contributed by atoms with E-state index in [4.69, 9.17) is 0 Å². The summed E-state index contributed by atoms with van der Waals surface area (Å²) in [5, 5.41) is 0. The minimum Gasteiger partial charge on any atom is -0.239 e. The number of hydrogen-bond acceptors (Lipinski definition) is 0. The zero-order valence-corrected chi connectivity index (χ0v) is 7.32. The summed E-state index contributed by atoms with van der Waals surface area (Å²) in [6.07, 6.45) is 4.28. The van der Waals surface area contributed by atoms with E-state index in [2.05, 4.69) is 0 Å². The second-order valence-corrected chi connectivity index (χ2v) is 2.96. The van der Waals surface area contributed by atoms with E-state index in [-0.39, 0.29) is 5.92 Å². The molecule has 0 fully saturated rings. The van der Waals surface area contributed by atoms with Crippen molar-refractivity contribution in [3.05, 3.63) is 12.2 Å². The Balaban J connectivity index is 4.09. The monoisotopic (exact) mass is 144 g/mol. The van der Waals surface area contributed by atoms with Crippen LogP contribution in [0.1, 0.15) is 34.1 Å². The molecule has 60 valence electrons. The zero-order chi connectivity index (χ0) is 8.20. The van der Waals surface area contributed by atoms with E-state index < -0.39 is 5.67 Å². The summed E-state index contributed by atoms with van der Waals surface area (Å²) in [7, 11) is 0. The lowest BCUT2D eigenvalue weighted by molar-refractivity contribution is 0.167. The average Bonchev–Trinajstić information content (AvgIpc) is 1.86. The Morgan fingerprint density at radius 2 is 2.10 bits per heavy atom. The first-order chi connectivity index (χ1) is 4.54. The minimum absolute atomic E-state index is 0.115. The van der Waals surface area contributed by atoms with Gasteiger partial charge in [0.05, 0.1) is 0 Å². The summed E-state index contributed by atoms with van der Waals surface area (Å²) in [5.41, 5.74) is -1.12. The van der Waals surface area contributed by atoms with Gasteiger partial charge in [-0.15, -0.1) is 0 Å². The molecule has 2 atom stereocenters. The Bertz CT molecular complexity index is 114. The molecule has 0 spiro atoms. The van der Waals surface area contributed by atoms with Crippen LogP contribution in [0.5, 0.6) is 0 Å². The molecule has 0 bridgehead atoms. The first-order valence-electron chi connectivity index (χ1n) is 3.87. The first-order valence-corrected chi connectivity index (χ1v) is 3.87. The molecular formula is C9H17F. The van der Waals surface area contributed by atoms with E-state index in [1.54, 1.807) is 19.1 Å². The van der Waals surface area contributed by atoms with Crippen molar-refractivity contribution in [3.63, 3.8) is 0 Å². The molecule has 0 N–H and O–H groups in total. The fraction of sp³-hybridized carbons (Fsp3) is 0.778. The highest BCUT2D eigenvalue weighted by atomic mass is 19.1. The fourth-order valence-electron chi connectivity index (χ4n) is 0.889. The summed E-state index contributed by atoms with van der Waals surface area (Å²) in [6, 6.07) is 0. The predicted octanol–water partition coefficient (Wildman–Crippen LogP) is 3.34. The Labute approximate surface area is 63.1 Å². The van der Waals surface area contributed by atoms with Gasteiger partial charge in [-0.05, 0) is 19.8 Å². The van der Waals surface area contributed by atoms with Crippen LogP contribution in [0.25, 0.3) is 0 Å². The summed E-state index contributed by atoms with van der Waals surface area (Å²) in [5.74, 6) is 0.115. The van der Waals surface area contributed by atoms with Gasteiger partial charge in [-0.3, -0.25) is 0 Å². The molecule has 0 aromatic rings. The minimum atomic E-state index is -1.12. The van der Waals surface area contributed by atoms with Crippen LogP contribution in [0, 0.1) is 5.92 Å². The van der Waals surface area contributed by atoms with Crippen molar-refractivity contribution in [3.8, 4) is 0 Å². The molecule has 0 aliphatic carbocycles. The molecule has 0 saturated carbocycles. The lowest BCUT2D eigenvalue weighted by Gasteiger charge is -2.22. The van der Waals surface area contributed by atoms with Crippen LogP contribution in [0.2, 0.25) is 0 Å². The van der Waals surface area contributed by atoms with Crippen molar-refractivity contribution in [1.82, 2.24) is 0 Å². The normalized spacial score (nSPS) is 20.9. The number of alkyl halides is 1. The van der Waals surface area contributed by atoms with Crippen molar-refractivity contribution in [2.75, 3.05) is 0 Å². The third kappa shape index (κ3) is 2.51. The molecule has 0 heterocycles. The lowest BCUT2D eigenvalue weighted by Crippen LogP contribution is -2.23. The Kier molecular flexibility index (Phi) is 3.62. The Morgan fingerprint density at radius 1 is 1.60 bits per heavy atom. The molecule has 0 aliphatic rings. The molecule has 0 radical (unpaired) electrons. The maximum absolute atomic E-state index is 13.4. The molecule has 0 nitrogen and oxygen atoms in total. The summed E-state index contributed by atoms with van der Waals surface area (Å²) >= 11 is 0. The van der Waals surface area contributed by atoms with E-state index in [1.807, 2.05) is 20.8 Å². The van der Waals surface area contributed by atoms with Gasteiger partial charge < -0.3 is 0 Å². The molecule has 0 saturated heterocycles. The number of allylic oxidation sites excluding steroid dienone is 2. The summed E-state index contributed by atoms with van der Waals surface area (Å²) in [6.45, 7) is 7.41. The second-order valence-electron chi connectivity index (χ2n) is 2.96. The van der Waals surface area contributed by atoms with Crippen LogP contribution in [0.3, 0.4) is 0 Å². The highest BCUT2D eigenvalue weighted by Crippen LogP contribution is 2.25. The molecule has 1 heteroatoms. The number of hydrogen-bond donors (Lipinski definition) is 0. The van der Waals surface area contributed by atoms with Crippen molar-refractivity contribution >= 4 is 0 Å². The highest BCUT2D eigenvalue weighted by Gasteiger charge is 2.25. The van der Waals surface area contributed by atoms with Gasteiger partial charge in [0.15, 0.2) is 0 Å². The van der Waals surface area contributed by atoms with Gasteiger partial charge in [0.25, 0.3) is 0 Å². The highest BCUT2D eigenvalue weighted by molar-refractivity contribution is 4.99. The molecule has 0 aliphatic heterocycles. The van der Waals surface area contributed by atoms with Gasteiger partial charge in [0.2, 0.25) is 0 Å². The van der Waals surface area contributed by atoms with E-state index in [0.29, 0.717) is 0 Å². The molecule has 10 heavy (non-hydrogen) atoms. The maximum Gasteiger partial charge on any atom is 0.128 e. The van der Waals surface area contributed by atoms with Gasteiger partial charge in [0, 0.05) is 0 Å². The smallest absolute Gasteiger partial charge is 0.128 e. The molecule has 0 aromatic heterocycles. The lowest BCUT2D eigenvalue weighted by atomic mass is 9.90. The Hall–Kier alpha value is -0.330. The standard InChI is InChI=1S/C9H17F/c1-5-7-9(4,10)8(3)6-2/h5,7-8H,6H2,1-4H3. The zero-order valence-electron chi connectivity index (χ0n) is 7.32. The van der Waals surface area contributed by atoms with Gasteiger partial charge in [-0.2, -0.15) is 0 Å². The fourth-order valence-corrected chi connectivity index (χ4v) is 0.889. The largest absolute Gasteiger partial charge is 0.239 e. The van der Waals surface area contributed by atoms with Crippen LogP contribution in [0.4, 0.5) is 4.39 Å². The van der Waals surface area contributed by atoms with Gasteiger partial charge in [-0.25, -0.2) is 4.39 Å². The quantitative estimate of drug-likeness (QED) is 0.533. The Morgan fingerprint density at radius 3 is 2.40 bits per heavy atom. The first kappa shape index (κ1) is 9.67. The van der Waals surface area contributed by atoms with E-state index >= 15 is 0 Å². The molecule has 2 unspecified atom stereocenters. The average molecular weight is 144 g/mol. The number of rotatable bonds is 3. The van der Waals surface area contributed by atoms with Gasteiger partial charge in [0.1, 0.15) is 5.67 Å². The van der Waals surface area contributed by atoms with E-state index in [1.165, 1.54) is 0 Å². The molecule has 0 rings (SSSR count). The van der Waals surface area contributed by atoms with E-state index in [0.717, 1.165) is 6.42 Å². The van der Waals surface area contributed by atoms with Crippen molar-refractivity contribution in [1.29, 1.82) is 0 Å². The molecular weight excluding hydrogens is 127 g/mol. The SMILES string of the molecule is CC=CC(C)(F)C(C)CC. The third-order valence-electron chi connectivity index (χ3n) is 2.07. The number of halogens is 1. The van der Waals surface area contributed by atoms with E-state index in [9.17, 15) is 4.39 Å². The van der Waals surface area contributed by atoms with Crippen LogP contribution < -0.4 is 0 Å². The van der Waals surface area contributed by atoms with Gasteiger partial charge in [-0.1, -0.05) is 32.4 Å². The van der Waals surface area contributed by atoms with Crippen LogP contribution in [-0.4, -0.2) is 5.67 Å². The maximum atomic E-state index is 13.4. The van der Waals surface area contributed by atoms with Crippen LogP contribution in [-0.2, 0) is 0 Å². The topological polar surface area (TPSA) is 0 Å². The predicted molar refractivity (Wildman–Crippen MR) is 43.8 cm³/mol. The van der Waals surface area contributed by atoms with Crippen molar-refractivity contribution in [2.24, 2.45) is 5.92 Å². The molecule has 0 aromatic carbocycles. The summed E-state index contributed by atoms with van der Waals surface area (Å²) in [4.78, 5) is 0. The molecule has 0 amide bonds. The third-order valence-corrected chi connectivity index (χ3v) is 2.07. The van der Waals surface area contributed by atoms with Crippen molar-refractivity contribution in [2.45, 2.75) is 39.8 Å². The van der Waals surface area contributed by atoms with Crippen LogP contribution in [0.15, 0.2) is 12.2 Å². The van der Waals surface area contributed by atoms with Crippen LogP contribution >= 0.6 is 0 Å². The summed E-state index contributed by atoms with van der Waals surface area (Å²) < 4.78 is 13.4. The van der Waals surface area contributed by atoms with Gasteiger partial charge >= 0.3 is 0 Å². The van der Waals surface area contributed by atoms with Crippen molar-refractivity contribution < 1.29 is 4.39 Å².